The molecule has 1 aliphatic rings. The molecule has 1 atom stereocenters. The predicted octanol–water partition coefficient (Wildman–Crippen LogP) is 1.57. The first-order valence-corrected chi connectivity index (χ1v) is 5.87. The normalized spacial score (nSPS) is 20.4. The summed E-state index contributed by atoms with van der Waals surface area (Å²) in [5, 5.41) is 3.23. The van der Waals surface area contributed by atoms with E-state index in [0.29, 0.717) is 12.1 Å². The first-order chi connectivity index (χ1) is 8.09. The van der Waals surface area contributed by atoms with E-state index < -0.39 is 0 Å². The van der Waals surface area contributed by atoms with Crippen molar-refractivity contribution in [2.45, 2.75) is 19.9 Å². The maximum Gasteiger partial charge on any atom is 0.254 e. The Kier molecular flexibility index (Phi) is 3.43. The lowest BCUT2D eigenvalue weighted by Crippen LogP contribution is -2.52. The van der Waals surface area contributed by atoms with E-state index in [2.05, 4.69) is 5.32 Å². The van der Waals surface area contributed by atoms with Crippen molar-refractivity contribution < 1.29 is 9.18 Å². The number of hydrogen-bond donors (Lipinski definition) is 1. The van der Waals surface area contributed by atoms with Gasteiger partial charge in [-0.05, 0) is 31.5 Å². The SMILES string of the molecule is Cc1ccc(F)cc1C(=O)N1CCNC[C@H]1C. The number of hydrogen-bond acceptors (Lipinski definition) is 2. The Morgan fingerprint density at radius 3 is 3.00 bits per heavy atom. The second kappa shape index (κ2) is 4.84. The maximum atomic E-state index is 13.2. The standard InChI is InChI=1S/C13H17FN2O/c1-9-3-4-11(14)7-12(9)13(17)16-6-5-15-8-10(16)2/h3-4,7,10,15H,5-6,8H2,1-2H3/t10-/m1/s1. The Morgan fingerprint density at radius 2 is 2.29 bits per heavy atom. The van der Waals surface area contributed by atoms with Crippen LogP contribution in [0.4, 0.5) is 4.39 Å². The molecule has 92 valence electrons. The fourth-order valence-corrected chi connectivity index (χ4v) is 2.12. The van der Waals surface area contributed by atoms with Crippen LogP contribution in [0.15, 0.2) is 18.2 Å². The molecule has 1 aromatic carbocycles. The summed E-state index contributed by atoms with van der Waals surface area (Å²) in [6.07, 6.45) is 0. The van der Waals surface area contributed by atoms with E-state index in [1.807, 2.05) is 13.8 Å². The van der Waals surface area contributed by atoms with Gasteiger partial charge in [0.15, 0.2) is 0 Å². The summed E-state index contributed by atoms with van der Waals surface area (Å²) in [5.41, 5.74) is 1.29. The van der Waals surface area contributed by atoms with E-state index in [-0.39, 0.29) is 17.8 Å². The fraction of sp³-hybridized carbons (Fsp3) is 0.462. The summed E-state index contributed by atoms with van der Waals surface area (Å²) >= 11 is 0. The summed E-state index contributed by atoms with van der Waals surface area (Å²) in [4.78, 5) is 14.1. The highest BCUT2D eigenvalue weighted by molar-refractivity contribution is 5.95. The van der Waals surface area contributed by atoms with E-state index in [9.17, 15) is 9.18 Å². The van der Waals surface area contributed by atoms with Crippen LogP contribution in [0.25, 0.3) is 0 Å². The molecule has 4 heteroatoms. The van der Waals surface area contributed by atoms with Crippen molar-refractivity contribution in [3.63, 3.8) is 0 Å². The summed E-state index contributed by atoms with van der Waals surface area (Å²) in [5.74, 6) is -0.433. The zero-order valence-corrected chi connectivity index (χ0v) is 10.2. The van der Waals surface area contributed by atoms with Crippen molar-refractivity contribution in [2.24, 2.45) is 0 Å². The Balaban J connectivity index is 2.26. The Hall–Kier alpha value is -1.42. The van der Waals surface area contributed by atoms with Crippen LogP contribution in [-0.4, -0.2) is 36.5 Å². The largest absolute Gasteiger partial charge is 0.333 e. The van der Waals surface area contributed by atoms with Crippen molar-refractivity contribution in [1.29, 1.82) is 0 Å². The average Bonchev–Trinajstić information content (AvgIpc) is 2.32. The number of nitrogens with zero attached hydrogens (tertiary/aromatic N) is 1. The first-order valence-electron chi connectivity index (χ1n) is 5.87. The van der Waals surface area contributed by atoms with Gasteiger partial charge in [0.05, 0.1) is 0 Å². The van der Waals surface area contributed by atoms with Gasteiger partial charge in [0.25, 0.3) is 5.91 Å². The fourth-order valence-electron chi connectivity index (χ4n) is 2.12. The van der Waals surface area contributed by atoms with Gasteiger partial charge in [-0.1, -0.05) is 6.07 Å². The molecule has 1 N–H and O–H groups in total. The molecule has 0 aromatic heterocycles. The second-order valence-corrected chi connectivity index (χ2v) is 4.51. The molecule has 0 saturated carbocycles. The van der Waals surface area contributed by atoms with Crippen molar-refractivity contribution in [2.75, 3.05) is 19.6 Å². The molecule has 2 rings (SSSR count). The number of aryl methyl sites for hydroxylation is 1. The lowest BCUT2D eigenvalue weighted by molar-refractivity contribution is 0.0654. The minimum Gasteiger partial charge on any atom is -0.333 e. The number of piperazine rings is 1. The molecule has 1 aromatic rings. The number of amides is 1. The number of halogens is 1. The molecule has 0 aliphatic carbocycles. The lowest BCUT2D eigenvalue weighted by Gasteiger charge is -2.34. The van der Waals surface area contributed by atoms with Crippen LogP contribution in [0, 0.1) is 12.7 Å². The van der Waals surface area contributed by atoms with Gasteiger partial charge in [-0.3, -0.25) is 4.79 Å². The van der Waals surface area contributed by atoms with Gasteiger partial charge < -0.3 is 10.2 Å². The summed E-state index contributed by atoms with van der Waals surface area (Å²) in [7, 11) is 0. The van der Waals surface area contributed by atoms with Crippen LogP contribution >= 0.6 is 0 Å². The maximum absolute atomic E-state index is 13.2. The highest BCUT2D eigenvalue weighted by atomic mass is 19.1. The van der Waals surface area contributed by atoms with Crippen molar-refractivity contribution in [1.82, 2.24) is 10.2 Å². The van der Waals surface area contributed by atoms with Crippen LogP contribution in [0.1, 0.15) is 22.8 Å². The molecule has 1 amide bonds. The van der Waals surface area contributed by atoms with E-state index in [1.165, 1.54) is 12.1 Å². The number of rotatable bonds is 1. The third-order valence-corrected chi connectivity index (χ3v) is 3.19. The number of carbonyl (C=O) groups excluding carboxylic acids is 1. The number of carbonyl (C=O) groups is 1. The molecule has 0 radical (unpaired) electrons. The van der Waals surface area contributed by atoms with Crippen molar-refractivity contribution in [3.8, 4) is 0 Å². The molecule has 3 nitrogen and oxygen atoms in total. The van der Waals surface area contributed by atoms with E-state index in [0.717, 1.165) is 18.7 Å². The molecule has 1 saturated heterocycles. The molecule has 17 heavy (non-hydrogen) atoms. The number of nitrogens with one attached hydrogen (secondary N) is 1. The topological polar surface area (TPSA) is 32.3 Å². The third kappa shape index (κ3) is 2.47. The summed E-state index contributed by atoms with van der Waals surface area (Å²) in [6.45, 7) is 6.10. The van der Waals surface area contributed by atoms with Crippen LogP contribution in [0.2, 0.25) is 0 Å². The minimum absolute atomic E-state index is 0.0731. The molecule has 0 bridgehead atoms. The Morgan fingerprint density at radius 1 is 1.53 bits per heavy atom. The summed E-state index contributed by atoms with van der Waals surface area (Å²) in [6, 6.07) is 4.51. The lowest BCUT2D eigenvalue weighted by atomic mass is 10.1. The van der Waals surface area contributed by atoms with Gasteiger partial charge in [-0.25, -0.2) is 4.39 Å². The average molecular weight is 236 g/mol. The highest BCUT2D eigenvalue weighted by Crippen LogP contribution is 2.15. The Bertz CT molecular complexity index is 433. The van der Waals surface area contributed by atoms with Gasteiger partial charge >= 0.3 is 0 Å². The monoisotopic (exact) mass is 236 g/mol. The molecular weight excluding hydrogens is 219 g/mol. The van der Waals surface area contributed by atoms with E-state index >= 15 is 0 Å². The van der Waals surface area contributed by atoms with Crippen molar-refractivity contribution >= 4 is 5.91 Å². The smallest absolute Gasteiger partial charge is 0.254 e. The Labute approximate surface area is 101 Å². The highest BCUT2D eigenvalue weighted by Gasteiger charge is 2.25. The molecule has 1 fully saturated rings. The van der Waals surface area contributed by atoms with Gasteiger partial charge in [0.2, 0.25) is 0 Å². The van der Waals surface area contributed by atoms with Crippen molar-refractivity contribution in [3.05, 3.63) is 35.1 Å². The van der Waals surface area contributed by atoms with Crippen LogP contribution < -0.4 is 5.32 Å². The van der Waals surface area contributed by atoms with Crippen LogP contribution in [0.3, 0.4) is 0 Å². The molecule has 1 heterocycles. The van der Waals surface area contributed by atoms with Gasteiger partial charge in [0, 0.05) is 31.2 Å². The molecule has 0 unspecified atom stereocenters. The van der Waals surface area contributed by atoms with E-state index in [1.54, 1.807) is 11.0 Å². The van der Waals surface area contributed by atoms with Gasteiger partial charge in [-0.15, -0.1) is 0 Å². The van der Waals surface area contributed by atoms with Gasteiger partial charge in [0.1, 0.15) is 5.82 Å². The third-order valence-electron chi connectivity index (χ3n) is 3.19. The first kappa shape index (κ1) is 12.0. The quantitative estimate of drug-likeness (QED) is 0.802. The zero-order chi connectivity index (χ0) is 12.4. The second-order valence-electron chi connectivity index (χ2n) is 4.51. The van der Waals surface area contributed by atoms with Crippen LogP contribution in [0.5, 0.6) is 0 Å². The molecular formula is C13H17FN2O. The summed E-state index contributed by atoms with van der Waals surface area (Å²) < 4.78 is 13.2. The van der Waals surface area contributed by atoms with Gasteiger partial charge in [-0.2, -0.15) is 0 Å². The van der Waals surface area contributed by atoms with Crippen LogP contribution in [-0.2, 0) is 0 Å². The molecule has 1 aliphatic heterocycles. The van der Waals surface area contributed by atoms with E-state index in [4.69, 9.17) is 0 Å². The predicted molar refractivity (Wildman–Crippen MR) is 64.5 cm³/mol. The zero-order valence-electron chi connectivity index (χ0n) is 10.2. The minimum atomic E-state index is -0.360. The molecule has 0 spiro atoms. The number of benzene rings is 1.